The molecule has 3 aromatic rings. The maximum absolute atomic E-state index is 13.0. The van der Waals surface area contributed by atoms with E-state index in [-0.39, 0.29) is 5.91 Å². The third-order valence-electron chi connectivity index (χ3n) is 5.99. The Hall–Kier alpha value is -2.57. The molecule has 2 aromatic heterocycles. The molecule has 4 rings (SSSR count). The van der Waals surface area contributed by atoms with Crippen molar-refractivity contribution in [2.75, 3.05) is 38.1 Å². The third kappa shape index (κ3) is 4.45. The van der Waals surface area contributed by atoms with E-state index in [2.05, 4.69) is 69.4 Å². The number of anilines is 1. The highest BCUT2D eigenvalue weighted by Gasteiger charge is 2.19. The Morgan fingerprint density at radius 2 is 1.83 bits per heavy atom. The third-order valence-corrected chi connectivity index (χ3v) is 6.85. The van der Waals surface area contributed by atoms with Crippen molar-refractivity contribution in [2.24, 2.45) is 0 Å². The van der Waals surface area contributed by atoms with E-state index in [4.69, 9.17) is 0 Å². The Morgan fingerprint density at radius 1 is 1.07 bits per heavy atom. The number of carbonyl (C=O) groups is 1. The van der Waals surface area contributed by atoms with Crippen LogP contribution in [0.1, 0.15) is 32.2 Å². The minimum absolute atomic E-state index is 0.00582. The standard InChI is InChI=1S/C24H30N4OS/c1-18-15-22(19(2)28(18)17-21-8-6-14-30-21)24(29)25-16-20-7-4-5-9-23(20)27-12-10-26(3)11-13-27/h4-9,14-15H,10-13,16-17H2,1-3H3,(H,25,29). The van der Waals surface area contributed by atoms with Gasteiger partial charge < -0.3 is 19.7 Å². The number of para-hydroxylation sites is 1. The maximum atomic E-state index is 13.0. The van der Waals surface area contributed by atoms with Gasteiger partial charge in [0, 0.05) is 54.7 Å². The number of nitrogens with one attached hydrogen (secondary N) is 1. The zero-order valence-corrected chi connectivity index (χ0v) is 18.8. The lowest BCUT2D eigenvalue weighted by atomic mass is 10.1. The largest absolute Gasteiger partial charge is 0.369 e. The van der Waals surface area contributed by atoms with E-state index in [9.17, 15) is 4.79 Å². The summed E-state index contributed by atoms with van der Waals surface area (Å²) in [5.74, 6) is -0.00582. The van der Waals surface area contributed by atoms with E-state index < -0.39 is 0 Å². The van der Waals surface area contributed by atoms with E-state index in [1.165, 1.54) is 16.1 Å². The first-order valence-electron chi connectivity index (χ1n) is 10.5. The smallest absolute Gasteiger partial charge is 0.253 e. The Kier molecular flexibility index (Phi) is 6.25. The summed E-state index contributed by atoms with van der Waals surface area (Å²) in [4.78, 5) is 19.1. The van der Waals surface area contributed by atoms with Gasteiger partial charge in [0.15, 0.2) is 0 Å². The monoisotopic (exact) mass is 422 g/mol. The van der Waals surface area contributed by atoms with Gasteiger partial charge in [0.05, 0.1) is 12.1 Å². The second-order valence-corrected chi connectivity index (χ2v) is 9.08. The number of carbonyl (C=O) groups excluding carboxylic acids is 1. The number of hydrogen-bond acceptors (Lipinski definition) is 4. The van der Waals surface area contributed by atoms with Gasteiger partial charge in [-0.05, 0) is 50.0 Å². The van der Waals surface area contributed by atoms with Crippen molar-refractivity contribution in [2.45, 2.75) is 26.9 Å². The van der Waals surface area contributed by atoms with Crippen LogP contribution in [0.3, 0.4) is 0 Å². The van der Waals surface area contributed by atoms with Crippen LogP contribution in [0.5, 0.6) is 0 Å². The summed E-state index contributed by atoms with van der Waals surface area (Å²) in [6.45, 7) is 9.63. The number of thiophene rings is 1. The molecule has 0 aliphatic carbocycles. The van der Waals surface area contributed by atoms with Gasteiger partial charge >= 0.3 is 0 Å². The van der Waals surface area contributed by atoms with Crippen molar-refractivity contribution < 1.29 is 4.79 Å². The van der Waals surface area contributed by atoms with Crippen LogP contribution in [-0.4, -0.2) is 48.6 Å². The molecule has 1 amide bonds. The molecule has 0 saturated carbocycles. The summed E-state index contributed by atoms with van der Waals surface area (Å²) in [5.41, 5.74) is 5.30. The number of piperazine rings is 1. The summed E-state index contributed by atoms with van der Waals surface area (Å²) < 4.78 is 2.22. The zero-order chi connectivity index (χ0) is 21.1. The van der Waals surface area contributed by atoms with Gasteiger partial charge in [-0.3, -0.25) is 4.79 Å². The summed E-state index contributed by atoms with van der Waals surface area (Å²) in [5, 5.41) is 5.25. The lowest BCUT2D eigenvalue weighted by Gasteiger charge is -2.35. The Morgan fingerprint density at radius 3 is 2.57 bits per heavy atom. The molecular formula is C24H30N4OS. The van der Waals surface area contributed by atoms with Gasteiger partial charge in [-0.2, -0.15) is 0 Å². The number of likely N-dealkylation sites (N-methyl/N-ethyl adjacent to an activating group) is 1. The van der Waals surface area contributed by atoms with Crippen molar-refractivity contribution >= 4 is 22.9 Å². The van der Waals surface area contributed by atoms with Crippen LogP contribution >= 0.6 is 11.3 Å². The van der Waals surface area contributed by atoms with Gasteiger partial charge in [0.2, 0.25) is 0 Å². The highest BCUT2D eigenvalue weighted by Crippen LogP contribution is 2.23. The first kappa shape index (κ1) is 20.7. The topological polar surface area (TPSA) is 40.5 Å². The van der Waals surface area contributed by atoms with Gasteiger partial charge in [-0.15, -0.1) is 11.3 Å². The maximum Gasteiger partial charge on any atom is 0.253 e. The number of amides is 1. The minimum atomic E-state index is -0.00582. The van der Waals surface area contributed by atoms with Gasteiger partial charge in [-0.1, -0.05) is 24.3 Å². The van der Waals surface area contributed by atoms with Crippen molar-refractivity contribution in [3.8, 4) is 0 Å². The highest BCUT2D eigenvalue weighted by molar-refractivity contribution is 7.09. The predicted octanol–water partition coefficient (Wildman–Crippen LogP) is 3.90. The molecule has 0 bridgehead atoms. The van der Waals surface area contributed by atoms with E-state index in [0.29, 0.717) is 6.54 Å². The zero-order valence-electron chi connectivity index (χ0n) is 18.0. The first-order valence-corrected chi connectivity index (χ1v) is 11.4. The van der Waals surface area contributed by atoms with Crippen molar-refractivity contribution in [3.63, 3.8) is 0 Å². The highest BCUT2D eigenvalue weighted by atomic mass is 32.1. The van der Waals surface area contributed by atoms with Crippen LogP contribution in [0.25, 0.3) is 0 Å². The second kappa shape index (κ2) is 9.06. The molecule has 6 heteroatoms. The molecule has 0 unspecified atom stereocenters. The van der Waals surface area contributed by atoms with E-state index >= 15 is 0 Å². The summed E-state index contributed by atoms with van der Waals surface area (Å²) in [7, 11) is 2.17. The number of hydrogen-bond donors (Lipinski definition) is 1. The van der Waals surface area contributed by atoms with Crippen LogP contribution in [0.2, 0.25) is 0 Å². The average molecular weight is 423 g/mol. The van der Waals surface area contributed by atoms with Gasteiger partial charge in [-0.25, -0.2) is 0 Å². The van der Waals surface area contributed by atoms with E-state index in [1.54, 1.807) is 11.3 Å². The van der Waals surface area contributed by atoms with E-state index in [0.717, 1.165) is 49.7 Å². The molecule has 0 radical (unpaired) electrons. The number of rotatable bonds is 6. The molecule has 1 fully saturated rings. The normalized spacial score (nSPS) is 14.8. The summed E-state index contributed by atoms with van der Waals surface area (Å²) in [6.07, 6.45) is 0. The average Bonchev–Trinajstić information content (AvgIpc) is 3.37. The lowest BCUT2D eigenvalue weighted by molar-refractivity contribution is 0.0950. The van der Waals surface area contributed by atoms with Gasteiger partial charge in [0.1, 0.15) is 0 Å². The summed E-state index contributed by atoms with van der Waals surface area (Å²) in [6, 6.07) is 14.6. The van der Waals surface area contributed by atoms with Crippen molar-refractivity contribution in [1.29, 1.82) is 0 Å². The van der Waals surface area contributed by atoms with Crippen LogP contribution < -0.4 is 10.2 Å². The fourth-order valence-corrected chi connectivity index (χ4v) is 4.81. The Labute approximate surface area is 182 Å². The number of benzene rings is 1. The lowest BCUT2D eigenvalue weighted by Crippen LogP contribution is -2.45. The quantitative estimate of drug-likeness (QED) is 0.655. The number of aromatic nitrogens is 1. The van der Waals surface area contributed by atoms with Crippen LogP contribution in [0.15, 0.2) is 47.8 Å². The SMILES string of the molecule is Cc1cc(C(=O)NCc2ccccc2N2CCN(C)CC2)c(C)n1Cc1cccs1. The molecular weight excluding hydrogens is 392 g/mol. The molecule has 30 heavy (non-hydrogen) atoms. The Balaban J connectivity index is 1.46. The molecule has 5 nitrogen and oxygen atoms in total. The fraction of sp³-hybridized carbons (Fsp3) is 0.375. The van der Waals surface area contributed by atoms with Crippen LogP contribution in [0, 0.1) is 13.8 Å². The Bertz CT molecular complexity index is 1000. The fourth-order valence-electron chi connectivity index (χ4n) is 4.12. The molecule has 1 saturated heterocycles. The minimum Gasteiger partial charge on any atom is -0.369 e. The molecule has 1 aliphatic rings. The molecule has 3 heterocycles. The predicted molar refractivity (Wildman–Crippen MR) is 125 cm³/mol. The van der Waals surface area contributed by atoms with Crippen molar-refractivity contribution in [1.82, 2.24) is 14.8 Å². The number of aryl methyl sites for hydroxylation is 1. The van der Waals surface area contributed by atoms with Crippen molar-refractivity contribution in [3.05, 3.63) is 75.2 Å². The first-order chi connectivity index (χ1) is 14.5. The van der Waals surface area contributed by atoms with E-state index in [1.807, 2.05) is 19.1 Å². The molecule has 0 atom stereocenters. The number of nitrogens with zero attached hydrogens (tertiary/aromatic N) is 3. The molecule has 0 spiro atoms. The molecule has 1 aromatic carbocycles. The molecule has 1 N–H and O–H groups in total. The van der Waals surface area contributed by atoms with Crippen LogP contribution in [-0.2, 0) is 13.1 Å². The van der Waals surface area contributed by atoms with Gasteiger partial charge in [0.25, 0.3) is 5.91 Å². The molecule has 158 valence electrons. The molecule has 1 aliphatic heterocycles. The summed E-state index contributed by atoms with van der Waals surface area (Å²) >= 11 is 1.75. The van der Waals surface area contributed by atoms with Crippen LogP contribution in [0.4, 0.5) is 5.69 Å². The second-order valence-electron chi connectivity index (χ2n) is 8.05.